The van der Waals surface area contributed by atoms with E-state index in [1.807, 2.05) is 11.0 Å². The highest BCUT2D eigenvalue weighted by Crippen LogP contribution is 2.33. The number of amides is 1. The lowest BCUT2D eigenvalue weighted by molar-refractivity contribution is -0.123. The molecule has 0 spiro atoms. The molecule has 6 nitrogen and oxygen atoms in total. The van der Waals surface area contributed by atoms with Crippen LogP contribution < -0.4 is 4.90 Å². The average molecular weight is 381 g/mol. The van der Waals surface area contributed by atoms with Gasteiger partial charge in [0.05, 0.1) is 36.9 Å². The molecule has 8 heteroatoms. The van der Waals surface area contributed by atoms with E-state index in [-0.39, 0.29) is 30.0 Å². The predicted octanol–water partition coefficient (Wildman–Crippen LogP) is 1.95. The highest BCUT2D eigenvalue weighted by atomic mass is 35.5. The lowest BCUT2D eigenvalue weighted by Crippen LogP contribution is -2.61. The smallest absolute Gasteiger partial charge is 0.241 e. The van der Waals surface area contributed by atoms with E-state index in [0.717, 1.165) is 0 Å². The number of nitrogens with zero attached hydrogens (tertiary/aromatic N) is 2. The Labute approximate surface area is 150 Å². The number of halogens is 1. The number of sulfone groups is 1. The maximum Gasteiger partial charge on any atom is 0.241 e. The van der Waals surface area contributed by atoms with Gasteiger partial charge in [-0.25, -0.2) is 8.42 Å². The molecule has 2 fully saturated rings. The van der Waals surface area contributed by atoms with Gasteiger partial charge in [-0.15, -0.1) is 0 Å². The number of hydrogen-bond donors (Lipinski definition) is 0. The van der Waals surface area contributed by atoms with Gasteiger partial charge < -0.3 is 9.32 Å². The van der Waals surface area contributed by atoms with E-state index in [4.69, 9.17) is 16.0 Å². The van der Waals surface area contributed by atoms with E-state index in [9.17, 15) is 13.2 Å². The van der Waals surface area contributed by atoms with E-state index in [2.05, 4.69) is 0 Å². The van der Waals surface area contributed by atoms with E-state index in [0.29, 0.717) is 23.0 Å². The second kappa shape index (κ2) is 6.16. The van der Waals surface area contributed by atoms with Crippen molar-refractivity contribution in [2.24, 2.45) is 0 Å². The van der Waals surface area contributed by atoms with Crippen molar-refractivity contribution in [2.45, 2.75) is 18.6 Å². The number of benzene rings is 1. The molecule has 25 heavy (non-hydrogen) atoms. The summed E-state index contributed by atoms with van der Waals surface area (Å²) in [4.78, 5) is 16.3. The van der Waals surface area contributed by atoms with Gasteiger partial charge in [-0.05, 0) is 30.3 Å². The minimum absolute atomic E-state index is 0.0371. The van der Waals surface area contributed by atoms with Gasteiger partial charge >= 0.3 is 0 Å². The molecule has 132 valence electrons. The Kier molecular flexibility index (Phi) is 4.10. The summed E-state index contributed by atoms with van der Waals surface area (Å²) in [5.41, 5.74) is 0.641. The molecule has 2 aromatic rings. The van der Waals surface area contributed by atoms with Crippen LogP contribution in [-0.4, -0.2) is 49.4 Å². The molecule has 0 bridgehead atoms. The zero-order chi connectivity index (χ0) is 17.6. The molecule has 2 unspecified atom stereocenters. The van der Waals surface area contributed by atoms with Crippen molar-refractivity contribution in [2.75, 3.05) is 23.0 Å². The molecule has 2 aliphatic rings. The second-order valence-corrected chi connectivity index (χ2v) is 9.03. The highest BCUT2D eigenvalue weighted by molar-refractivity contribution is 7.91. The average Bonchev–Trinajstić information content (AvgIpc) is 3.14. The summed E-state index contributed by atoms with van der Waals surface area (Å²) in [5, 5.41) is 0.515. The topological polar surface area (TPSA) is 70.8 Å². The van der Waals surface area contributed by atoms with E-state index >= 15 is 0 Å². The van der Waals surface area contributed by atoms with E-state index in [1.165, 1.54) is 0 Å². The van der Waals surface area contributed by atoms with Crippen LogP contribution in [0, 0.1) is 0 Å². The molecule has 1 aromatic heterocycles. The summed E-state index contributed by atoms with van der Waals surface area (Å²) in [5.74, 6) is 0.590. The van der Waals surface area contributed by atoms with Crippen molar-refractivity contribution < 1.29 is 17.6 Å². The third kappa shape index (κ3) is 3.19. The Morgan fingerprint density at radius 2 is 1.96 bits per heavy atom. The first-order valence-corrected chi connectivity index (χ1v) is 10.2. The number of carbonyl (C=O) groups excluding carboxylic acids is 1. The molecule has 2 atom stereocenters. The van der Waals surface area contributed by atoms with Crippen LogP contribution in [0.1, 0.15) is 5.76 Å². The third-order valence-electron chi connectivity index (χ3n) is 4.73. The number of fused-ring (bicyclic) bond motifs is 1. The van der Waals surface area contributed by atoms with Crippen molar-refractivity contribution in [3.8, 4) is 0 Å². The summed E-state index contributed by atoms with van der Waals surface area (Å²) < 4.78 is 29.9. The van der Waals surface area contributed by atoms with Crippen LogP contribution in [0.25, 0.3) is 0 Å². The van der Waals surface area contributed by atoms with Crippen LogP contribution in [0.2, 0.25) is 5.02 Å². The summed E-state index contributed by atoms with van der Waals surface area (Å²) >= 11 is 6.06. The third-order valence-corrected chi connectivity index (χ3v) is 6.66. The Morgan fingerprint density at radius 3 is 2.68 bits per heavy atom. The van der Waals surface area contributed by atoms with Gasteiger partial charge in [-0.2, -0.15) is 0 Å². The van der Waals surface area contributed by atoms with Gasteiger partial charge in [0.1, 0.15) is 5.76 Å². The van der Waals surface area contributed by atoms with Crippen molar-refractivity contribution in [3.05, 3.63) is 53.4 Å². The molecular weight excluding hydrogens is 364 g/mol. The van der Waals surface area contributed by atoms with Crippen LogP contribution in [0.15, 0.2) is 47.1 Å². The normalized spacial score (nSPS) is 26.0. The van der Waals surface area contributed by atoms with Crippen LogP contribution in [0.5, 0.6) is 0 Å². The lowest BCUT2D eigenvalue weighted by atomic mass is 10.0. The first-order valence-electron chi connectivity index (χ1n) is 7.97. The van der Waals surface area contributed by atoms with Crippen LogP contribution in [-0.2, 0) is 21.2 Å². The standard InChI is InChI=1S/C17H17ClN2O4S/c18-12-3-1-4-13(7-12)20-16-11-25(22,23)10-15(16)19(9-17(20)21)8-14-5-2-6-24-14/h1-7,15-16H,8-11H2. The molecule has 1 amide bonds. The lowest BCUT2D eigenvalue weighted by Gasteiger charge is -2.43. The fourth-order valence-electron chi connectivity index (χ4n) is 3.70. The molecule has 3 heterocycles. The van der Waals surface area contributed by atoms with Gasteiger partial charge in [0, 0.05) is 16.8 Å². The number of furan rings is 1. The Bertz CT molecular complexity index is 897. The number of rotatable bonds is 3. The van der Waals surface area contributed by atoms with Crippen molar-refractivity contribution >= 4 is 33.0 Å². The number of carbonyl (C=O) groups is 1. The maximum absolute atomic E-state index is 12.8. The largest absolute Gasteiger partial charge is 0.468 e. The first kappa shape index (κ1) is 16.6. The van der Waals surface area contributed by atoms with Crippen LogP contribution in [0.3, 0.4) is 0 Å². The molecule has 2 aliphatic heterocycles. The van der Waals surface area contributed by atoms with Gasteiger partial charge in [0.25, 0.3) is 0 Å². The minimum Gasteiger partial charge on any atom is -0.468 e. The van der Waals surface area contributed by atoms with Gasteiger partial charge in [0.15, 0.2) is 9.84 Å². The van der Waals surface area contributed by atoms with Crippen molar-refractivity contribution in [1.82, 2.24) is 4.90 Å². The highest BCUT2D eigenvalue weighted by Gasteiger charge is 2.49. The SMILES string of the molecule is O=C1CN(Cc2ccco2)C2CS(=O)(=O)CC2N1c1cccc(Cl)c1. The summed E-state index contributed by atoms with van der Waals surface area (Å²) in [7, 11) is -3.21. The van der Waals surface area contributed by atoms with Crippen molar-refractivity contribution in [3.63, 3.8) is 0 Å². The fraction of sp³-hybridized carbons (Fsp3) is 0.353. The Hall–Kier alpha value is -1.83. The van der Waals surface area contributed by atoms with Gasteiger partial charge in [-0.1, -0.05) is 17.7 Å². The molecule has 4 rings (SSSR count). The quantitative estimate of drug-likeness (QED) is 0.813. The number of anilines is 1. The molecule has 2 saturated heterocycles. The molecule has 0 radical (unpaired) electrons. The molecule has 1 aromatic carbocycles. The van der Waals surface area contributed by atoms with E-state index in [1.54, 1.807) is 41.5 Å². The zero-order valence-corrected chi connectivity index (χ0v) is 14.9. The maximum atomic E-state index is 12.8. The monoisotopic (exact) mass is 380 g/mol. The summed E-state index contributed by atoms with van der Waals surface area (Å²) in [6.45, 7) is 0.558. The Morgan fingerprint density at radius 1 is 1.16 bits per heavy atom. The number of hydrogen-bond acceptors (Lipinski definition) is 5. The summed E-state index contributed by atoms with van der Waals surface area (Å²) in [6, 6.07) is 9.91. The zero-order valence-electron chi connectivity index (χ0n) is 13.3. The minimum atomic E-state index is -3.21. The predicted molar refractivity (Wildman–Crippen MR) is 94.3 cm³/mol. The number of piperazine rings is 1. The molecule has 0 saturated carbocycles. The van der Waals surface area contributed by atoms with Gasteiger partial charge in [0.2, 0.25) is 5.91 Å². The Balaban J connectivity index is 1.69. The molecular formula is C17H17ClN2O4S. The second-order valence-electron chi connectivity index (χ2n) is 6.44. The molecule has 0 N–H and O–H groups in total. The summed E-state index contributed by atoms with van der Waals surface area (Å²) in [6.07, 6.45) is 1.57. The fourth-order valence-corrected chi connectivity index (χ4v) is 5.86. The van der Waals surface area contributed by atoms with Crippen molar-refractivity contribution in [1.29, 1.82) is 0 Å². The van der Waals surface area contributed by atoms with Gasteiger partial charge in [-0.3, -0.25) is 9.69 Å². The van der Waals surface area contributed by atoms with Crippen LogP contribution >= 0.6 is 11.6 Å². The molecule has 0 aliphatic carbocycles. The van der Waals surface area contributed by atoms with Crippen LogP contribution in [0.4, 0.5) is 5.69 Å². The first-order chi connectivity index (χ1) is 11.9. The van der Waals surface area contributed by atoms with E-state index < -0.39 is 15.9 Å².